The molecule has 1 atom stereocenters. The first kappa shape index (κ1) is 13.5. The molecule has 6 heteroatoms. The minimum atomic E-state index is -3.22. The van der Waals surface area contributed by atoms with Crippen LogP contribution in [0, 0.1) is 0 Å². The van der Waals surface area contributed by atoms with Crippen LogP contribution in [0.4, 0.5) is 0 Å². The van der Waals surface area contributed by atoms with Gasteiger partial charge in [0.15, 0.2) is 0 Å². The first-order valence-electron chi connectivity index (χ1n) is 5.12. The molecule has 16 heavy (non-hydrogen) atoms. The van der Waals surface area contributed by atoms with Gasteiger partial charge in [-0.15, -0.1) is 11.6 Å². The Labute approximate surface area is 101 Å². The van der Waals surface area contributed by atoms with Gasteiger partial charge in [0.25, 0.3) is 0 Å². The second-order valence-electron chi connectivity index (χ2n) is 3.66. The molecule has 0 aliphatic carbocycles. The first-order valence-corrected chi connectivity index (χ1v) is 7.30. The van der Waals surface area contributed by atoms with Crippen molar-refractivity contribution >= 4 is 21.6 Å². The fraction of sp³-hybridized carbons (Fsp3) is 0.600. The Kier molecular flexibility index (Phi) is 5.31. The van der Waals surface area contributed by atoms with Gasteiger partial charge in [-0.25, -0.2) is 13.1 Å². The maximum Gasteiger partial charge on any atom is 0.211 e. The van der Waals surface area contributed by atoms with Gasteiger partial charge in [-0.2, -0.15) is 0 Å². The van der Waals surface area contributed by atoms with Crippen molar-refractivity contribution in [1.82, 2.24) is 4.72 Å². The van der Waals surface area contributed by atoms with Crippen molar-refractivity contribution in [2.45, 2.75) is 25.8 Å². The maximum absolute atomic E-state index is 11.5. The van der Waals surface area contributed by atoms with Crippen molar-refractivity contribution in [1.29, 1.82) is 0 Å². The standard InChI is InChI=1S/C10H16ClNO3S/c1-9(8-10-4-2-6-15-10)12-16(13,14)7-3-5-11/h2,4,6,9,12H,3,5,7-8H2,1H3. The molecule has 1 aromatic heterocycles. The van der Waals surface area contributed by atoms with Crippen LogP contribution in [-0.4, -0.2) is 26.1 Å². The Hall–Kier alpha value is -0.520. The summed E-state index contributed by atoms with van der Waals surface area (Å²) in [5.74, 6) is 1.19. The molecule has 1 unspecified atom stereocenters. The molecule has 0 aliphatic heterocycles. The van der Waals surface area contributed by atoms with Crippen LogP contribution in [-0.2, 0) is 16.4 Å². The van der Waals surface area contributed by atoms with E-state index in [4.69, 9.17) is 16.0 Å². The van der Waals surface area contributed by atoms with Crippen LogP contribution >= 0.6 is 11.6 Å². The highest BCUT2D eigenvalue weighted by Crippen LogP contribution is 2.05. The molecule has 1 N–H and O–H groups in total. The van der Waals surface area contributed by atoms with E-state index in [1.807, 2.05) is 6.07 Å². The highest BCUT2D eigenvalue weighted by molar-refractivity contribution is 7.89. The Bertz CT molecular complexity index is 388. The predicted molar refractivity (Wildman–Crippen MR) is 64.1 cm³/mol. The second-order valence-corrected chi connectivity index (χ2v) is 5.92. The topological polar surface area (TPSA) is 59.3 Å². The highest BCUT2D eigenvalue weighted by Gasteiger charge is 2.14. The molecule has 0 spiro atoms. The fourth-order valence-electron chi connectivity index (χ4n) is 1.38. The number of alkyl halides is 1. The van der Waals surface area contributed by atoms with Gasteiger partial charge in [0, 0.05) is 18.3 Å². The average molecular weight is 266 g/mol. The lowest BCUT2D eigenvalue weighted by molar-refractivity contribution is 0.479. The summed E-state index contributed by atoms with van der Waals surface area (Å²) in [6, 6.07) is 3.43. The highest BCUT2D eigenvalue weighted by atomic mass is 35.5. The van der Waals surface area contributed by atoms with Gasteiger partial charge in [0.05, 0.1) is 12.0 Å². The summed E-state index contributed by atoms with van der Waals surface area (Å²) in [7, 11) is -3.22. The third-order valence-corrected chi connectivity index (χ3v) is 3.87. The van der Waals surface area contributed by atoms with E-state index in [9.17, 15) is 8.42 Å². The summed E-state index contributed by atoms with van der Waals surface area (Å²) in [6.45, 7) is 1.81. The number of sulfonamides is 1. The van der Waals surface area contributed by atoms with E-state index >= 15 is 0 Å². The summed E-state index contributed by atoms with van der Waals surface area (Å²) in [4.78, 5) is 0. The van der Waals surface area contributed by atoms with Gasteiger partial charge in [-0.1, -0.05) is 0 Å². The van der Waals surface area contributed by atoms with E-state index in [-0.39, 0.29) is 11.8 Å². The lowest BCUT2D eigenvalue weighted by atomic mass is 10.2. The van der Waals surface area contributed by atoms with Gasteiger partial charge in [-0.05, 0) is 25.5 Å². The number of furan rings is 1. The van der Waals surface area contributed by atoms with Crippen molar-refractivity contribution in [3.05, 3.63) is 24.2 Å². The van der Waals surface area contributed by atoms with Crippen molar-refractivity contribution < 1.29 is 12.8 Å². The molecule has 0 saturated heterocycles. The molecule has 0 amide bonds. The number of nitrogens with one attached hydrogen (secondary N) is 1. The van der Waals surface area contributed by atoms with Gasteiger partial charge in [0.1, 0.15) is 5.76 Å². The molecular formula is C10H16ClNO3S. The third kappa shape index (κ3) is 5.01. The van der Waals surface area contributed by atoms with Gasteiger partial charge in [-0.3, -0.25) is 0 Å². The van der Waals surface area contributed by atoms with Crippen molar-refractivity contribution in [3.8, 4) is 0 Å². The molecule has 0 aliphatic rings. The van der Waals surface area contributed by atoms with Crippen molar-refractivity contribution in [2.75, 3.05) is 11.6 Å². The van der Waals surface area contributed by atoms with E-state index in [1.54, 1.807) is 19.3 Å². The molecule has 0 radical (unpaired) electrons. The maximum atomic E-state index is 11.5. The van der Waals surface area contributed by atoms with Crippen LogP contribution in [0.2, 0.25) is 0 Å². The van der Waals surface area contributed by atoms with Crippen LogP contribution < -0.4 is 4.72 Å². The summed E-state index contributed by atoms with van der Waals surface area (Å²) >= 11 is 5.45. The largest absolute Gasteiger partial charge is 0.469 e. The molecule has 0 aromatic carbocycles. The van der Waals surface area contributed by atoms with Gasteiger partial charge in [0.2, 0.25) is 10.0 Å². The van der Waals surface area contributed by atoms with Crippen LogP contribution in [0.5, 0.6) is 0 Å². The van der Waals surface area contributed by atoms with E-state index < -0.39 is 10.0 Å². The Balaban J connectivity index is 2.41. The van der Waals surface area contributed by atoms with Crippen LogP contribution in [0.25, 0.3) is 0 Å². The molecule has 92 valence electrons. The molecule has 1 heterocycles. The zero-order valence-electron chi connectivity index (χ0n) is 9.15. The van der Waals surface area contributed by atoms with Crippen molar-refractivity contribution in [3.63, 3.8) is 0 Å². The smallest absolute Gasteiger partial charge is 0.211 e. The molecule has 1 rings (SSSR count). The molecule has 1 aromatic rings. The number of rotatable bonds is 7. The number of hydrogen-bond acceptors (Lipinski definition) is 3. The Morgan fingerprint density at radius 2 is 2.31 bits per heavy atom. The summed E-state index contributed by atoms with van der Waals surface area (Å²) in [5.41, 5.74) is 0. The Morgan fingerprint density at radius 1 is 1.56 bits per heavy atom. The fourth-order valence-corrected chi connectivity index (χ4v) is 3.01. The van der Waals surface area contributed by atoms with E-state index in [1.165, 1.54) is 0 Å². The van der Waals surface area contributed by atoms with Crippen LogP contribution in [0.1, 0.15) is 19.1 Å². The summed E-state index contributed by atoms with van der Waals surface area (Å²) in [6.07, 6.45) is 2.58. The van der Waals surface area contributed by atoms with E-state index in [2.05, 4.69) is 4.72 Å². The van der Waals surface area contributed by atoms with Crippen LogP contribution in [0.15, 0.2) is 22.8 Å². The number of halogens is 1. The lowest BCUT2D eigenvalue weighted by Crippen LogP contribution is -2.35. The molecule has 0 fully saturated rings. The normalized spacial score (nSPS) is 13.9. The minimum absolute atomic E-state index is 0.0684. The zero-order valence-corrected chi connectivity index (χ0v) is 10.7. The molecule has 4 nitrogen and oxygen atoms in total. The van der Waals surface area contributed by atoms with E-state index in [0.29, 0.717) is 18.7 Å². The minimum Gasteiger partial charge on any atom is -0.469 e. The molecular weight excluding hydrogens is 250 g/mol. The summed E-state index contributed by atoms with van der Waals surface area (Å²) < 4.78 is 30.8. The monoisotopic (exact) mass is 265 g/mol. The average Bonchev–Trinajstić information content (AvgIpc) is 2.66. The first-order chi connectivity index (χ1) is 7.53. The summed E-state index contributed by atoms with van der Waals surface area (Å²) in [5, 5.41) is 0. The van der Waals surface area contributed by atoms with Gasteiger partial charge < -0.3 is 4.42 Å². The van der Waals surface area contributed by atoms with Gasteiger partial charge >= 0.3 is 0 Å². The van der Waals surface area contributed by atoms with E-state index in [0.717, 1.165) is 5.76 Å². The van der Waals surface area contributed by atoms with Crippen molar-refractivity contribution in [2.24, 2.45) is 0 Å². The predicted octanol–water partition coefficient (Wildman–Crippen LogP) is 1.76. The molecule has 0 bridgehead atoms. The molecule has 0 saturated carbocycles. The second kappa shape index (κ2) is 6.27. The third-order valence-electron chi connectivity index (χ3n) is 2.01. The quantitative estimate of drug-likeness (QED) is 0.765. The zero-order chi connectivity index (χ0) is 12.0. The number of hydrogen-bond donors (Lipinski definition) is 1. The Morgan fingerprint density at radius 3 is 2.88 bits per heavy atom. The lowest BCUT2D eigenvalue weighted by Gasteiger charge is -2.12. The SMILES string of the molecule is CC(Cc1ccco1)NS(=O)(=O)CCCCl. The van der Waals surface area contributed by atoms with Crippen LogP contribution in [0.3, 0.4) is 0 Å².